The summed E-state index contributed by atoms with van der Waals surface area (Å²) in [6, 6.07) is 1.35. The van der Waals surface area contributed by atoms with Crippen molar-refractivity contribution in [2.45, 2.75) is 4.90 Å². The number of anilines is 1. The molecule has 0 fully saturated rings. The summed E-state index contributed by atoms with van der Waals surface area (Å²) in [6.45, 7) is 0. The van der Waals surface area contributed by atoms with Crippen LogP contribution in [0.25, 0.3) is 11.0 Å². The third-order valence-corrected chi connectivity index (χ3v) is 4.38. The number of hydrogen-bond donors (Lipinski definition) is 2. The molecule has 0 aliphatic heterocycles. The molecule has 0 amide bonds. The highest BCUT2D eigenvalue weighted by Crippen LogP contribution is 2.29. The Balaban J connectivity index is 2.18. The van der Waals surface area contributed by atoms with E-state index in [1.54, 1.807) is 4.72 Å². The van der Waals surface area contributed by atoms with Crippen molar-refractivity contribution in [1.82, 2.24) is 15.0 Å². The highest BCUT2D eigenvalue weighted by atomic mass is 32.2. The number of H-pyrrole nitrogens is 1. The van der Waals surface area contributed by atoms with E-state index in [9.17, 15) is 30.4 Å². The van der Waals surface area contributed by atoms with Gasteiger partial charge in [-0.25, -0.2) is 40.3 Å². The molecule has 2 heterocycles. The van der Waals surface area contributed by atoms with Crippen LogP contribution in [0.1, 0.15) is 0 Å². The van der Waals surface area contributed by atoms with Crippen molar-refractivity contribution in [3.8, 4) is 0 Å². The SMILES string of the molecule is O=S(=O)(Nc1ncnc2[nH]ccc12)c1c(F)c(F)c(F)c(F)c1F. The Bertz CT molecular complexity index is 1040. The minimum Gasteiger partial charge on any atom is -0.346 e. The summed E-state index contributed by atoms with van der Waals surface area (Å²) in [7, 11) is -5.16. The number of nitrogens with one attached hydrogen (secondary N) is 2. The van der Waals surface area contributed by atoms with Crippen LogP contribution in [0.3, 0.4) is 0 Å². The fraction of sp³-hybridized carbons (Fsp3) is 0. The van der Waals surface area contributed by atoms with Crippen molar-refractivity contribution < 1.29 is 30.4 Å². The molecule has 0 aliphatic carbocycles. The first-order valence-corrected chi connectivity index (χ1v) is 7.54. The van der Waals surface area contributed by atoms with Gasteiger partial charge in [0.25, 0.3) is 10.0 Å². The number of rotatable bonds is 3. The van der Waals surface area contributed by atoms with Gasteiger partial charge in [-0.15, -0.1) is 0 Å². The van der Waals surface area contributed by atoms with E-state index in [1.165, 1.54) is 12.3 Å². The third kappa shape index (κ3) is 2.35. The van der Waals surface area contributed by atoms with E-state index in [2.05, 4.69) is 15.0 Å². The molecule has 0 spiro atoms. The van der Waals surface area contributed by atoms with E-state index >= 15 is 0 Å². The Morgan fingerprint density at radius 1 is 0.917 bits per heavy atom. The maximum Gasteiger partial charge on any atom is 0.269 e. The second-order valence-electron chi connectivity index (χ2n) is 4.47. The van der Waals surface area contributed by atoms with E-state index in [1.807, 2.05) is 0 Å². The van der Waals surface area contributed by atoms with Gasteiger partial charge in [-0.2, -0.15) is 0 Å². The monoisotopic (exact) mass is 364 g/mol. The summed E-state index contributed by atoms with van der Waals surface area (Å²) >= 11 is 0. The van der Waals surface area contributed by atoms with E-state index in [0.29, 0.717) is 0 Å². The number of hydrogen-bond acceptors (Lipinski definition) is 4. The van der Waals surface area contributed by atoms with Crippen LogP contribution in [0.15, 0.2) is 23.5 Å². The maximum atomic E-state index is 13.7. The van der Waals surface area contributed by atoms with Crippen molar-refractivity contribution in [3.05, 3.63) is 47.7 Å². The number of halogens is 5. The zero-order chi connectivity index (χ0) is 17.6. The molecule has 126 valence electrons. The van der Waals surface area contributed by atoms with Crippen molar-refractivity contribution in [3.63, 3.8) is 0 Å². The summed E-state index contributed by atoms with van der Waals surface area (Å²) in [5.74, 6) is -12.5. The van der Waals surface area contributed by atoms with Gasteiger partial charge in [0.15, 0.2) is 34.0 Å². The van der Waals surface area contributed by atoms with E-state index in [4.69, 9.17) is 0 Å². The normalized spacial score (nSPS) is 11.9. The fourth-order valence-electron chi connectivity index (χ4n) is 1.95. The first-order chi connectivity index (χ1) is 11.2. The Labute approximate surface area is 130 Å². The number of aromatic nitrogens is 3. The van der Waals surface area contributed by atoms with Gasteiger partial charge < -0.3 is 4.98 Å². The van der Waals surface area contributed by atoms with Crippen LogP contribution in [0, 0.1) is 29.1 Å². The molecule has 6 nitrogen and oxygen atoms in total. The van der Waals surface area contributed by atoms with E-state index in [-0.39, 0.29) is 11.0 Å². The Morgan fingerprint density at radius 2 is 1.50 bits per heavy atom. The van der Waals surface area contributed by atoms with Crippen LogP contribution in [0.5, 0.6) is 0 Å². The number of fused-ring (bicyclic) bond motifs is 1. The average molecular weight is 364 g/mol. The van der Waals surface area contributed by atoms with Crippen molar-refractivity contribution in [2.75, 3.05) is 4.72 Å². The maximum absolute atomic E-state index is 13.7. The van der Waals surface area contributed by atoms with Gasteiger partial charge in [-0.05, 0) is 6.07 Å². The molecule has 0 unspecified atom stereocenters. The summed E-state index contributed by atoms with van der Waals surface area (Å²) in [4.78, 5) is 7.98. The van der Waals surface area contributed by atoms with Crippen LogP contribution >= 0.6 is 0 Å². The molecule has 0 bridgehead atoms. The minimum absolute atomic E-state index is 0.130. The van der Waals surface area contributed by atoms with Gasteiger partial charge in [0, 0.05) is 6.20 Å². The third-order valence-electron chi connectivity index (χ3n) is 3.02. The Kier molecular flexibility index (Phi) is 3.63. The predicted molar refractivity (Wildman–Crippen MR) is 70.9 cm³/mol. The molecule has 3 aromatic rings. The summed E-state index contributed by atoms with van der Waals surface area (Å²) in [6.07, 6.45) is 2.32. The van der Waals surface area contributed by atoms with Gasteiger partial charge in [0.2, 0.25) is 5.82 Å². The summed E-state index contributed by atoms with van der Waals surface area (Å²) in [5, 5.41) is 0.130. The van der Waals surface area contributed by atoms with Crippen molar-refractivity contribution in [2.24, 2.45) is 0 Å². The van der Waals surface area contributed by atoms with Gasteiger partial charge in [-0.3, -0.25) is 4.72 Å². The Hall–Kier alpha value is -2.76. The van der Waals surface area contributed by atoms with Crippen LogP contribution < -0.4 is 4.72 Å². The molecule has 3 rings (SSSR count). The fourth-order valence-corrected chi connectivity index (χ4v) is 3.12. The zero-order valence-electron chi connectivity index (χ0n) is 11.2. The molecule has 0 atom stereocenters. The quantitative estimate of drug-likeness (QED) is 0.425. The Morgan fingerprint density at radius 3 is 2.12 bits per heavy atom. The molecule has 12 heteroatoms. The average Bonchev–Trinajstić information content (AvgIpc) is 3.00. The second kappa shape index (κ2) is 5.40. The van der Waals surface area contributed by atoms with E-state index in [0.717, 1.165) is 6.33 Å². The molecule has 24 heavy (non-hydrogen) atoms. The molecular formula is C12H5F5N4O2S. The largest absolute Gasteiger partial charge is 0.346 e. The molecule has 0 saturated carbocycles. The lowest BCUT2D eigenvalue weighted by Crippen LogP contribution is -2.20. The lowest BCUT2D eigenvalue weighted by Gasteiger charge is -2.11. The van der Waals surface area contributed by atoms with Crippen LogP contribution in [-0.2, 0) is 10.0 Å². The molecule has 1 aromatic carbocycles. The number of sulfonamides is 1. The van der Waals surface area contributed by atoms with Crippen molar-refractivity contribution in [1.29, 1.82) is 0 Å². The van der Waals surface area contributed by atoms with Gasteiger partial charge >= 0.3 is 0 Å². The molecule has 2 aromatic heterocycles. The number of nitrogens with zero attached hydrogens (tertiary/aromatic N) is 2. The van der Waals surface area contributed by atoms with E-state index < -0.39 is 49.8 Å². The molecular weight excluding hydrogens is 359 g/mol. The van der Waals surface area contributed by atoms with Crippen LogP contribution in [0.4, 0.5) is 27.8 Å². The second-order valence-corrected chi connectivity index (χ2v) is 6.09. The topological polar surface area (TPSA) is 87.7 Å². The van der Waals surface area contributed by atoms with Crippen LogP contribution in [-0.4, -0.2) is 23.4 Å². The highest BCUT2D eigenvalue weighted by Gasteiger charge is 2.34. The van der Waals surface area contributed by atoms with Gasteiger partial charge in [0.1, 0.15) is 12.0 Å². The summed E-state index contributed by atoms with van der Waals surface area (Å²) < 4.78 is 92.6. The molecule has 0 saturated heterocycles. The van der Waals surface area contributed by atoms with Crippen LogP contribution in [0.2, 0.25) is 0 Å². The predicted octanol–water partition coefficient (Wildman–Crippen LogP) is 2.45. The smallest absolute Gasteiger partial charge is 0.269 e. The first-order valence-electron chi connectivity index (χ1n) is 6.06. The highest BCUT2D eigenvalue weighted by molar-refractivity contribution is 7.92. The van der Waals surface area contributed by atoms with Gasteiger partial charge in [-0.1, -0.05) is 0 Å². The van der Waals surface area contributed by atoms with Gasteiger partial charge in [0.05, 0.1) is 5.39 Å². The standard InChI is InChI=1S/C12H5F5N4O2S/c13-5-6(14)8(16)10(9(17)7(5)15)24(22,23)21-12-4-1-2-18-11(4)19-3-20-12/h1-3H,(H2,18,19,20,21). The molecule has 2 N–H and O–H groups in total. The first kappa shape index (κ1) is 16.1. The summed E-state index contributed by atoms with van der Waals surface area (Å²) in [5.41, 5.74) is 0.195. The zero-order valence-corrected chi connectivity index (χ0v) is 12.1. The minimum atomic E-state index is -5.16. The number of benzene rings is 1. The lowest BCUT2D eigenvalue weighted by molar-refractivity contribution is 0.358. The molecule has 0 radical (unpaired) electrons. The van der Waals surface area contributed by atoms with Crippen molar-refractivity contribution >= 4 is 26.9 Å². The number of aromatic amines is 1. The molecule has 0 aliphatic rings. The lowest BCUT2D eigenvalue weighted by atomic mass is 10.3.